The summed E-state index contributed by atoms with van der Waals surface area (Å²) in [6.07, 6.45) is 0.0667. The predicted octanol–water partition coefficient (Wildman–Crippen LogP) is 0.269. The normalized spacial score (nSPS) is 56.4. The van der Waals surface area contributed by atoms with E-state index >= 15 is 0 Å². The molecule has 2 aliphatic heterocycles. The second-order valence-corrected chi connectivity index (χ2v) is 5.06. The molecular formula is C7H12O3S. The maximum Gasteiger partial charge on any atom is 0.180 e. The van der Waals surface area contributed by atoms with Gasteiger partial charge in [0.05, 0.1) is 23.7 Å². The topological polar surface area (TPSA) is 35.5 Å². The van der Waals surface area contributed by atoms with E-state index in [-0.39, 0.29) is 11.4 Å². The van der Waals surface area contributed by atoms with Crippen molar-refractivity contribution < 1.29 is 13.7 Å². The molecule has 0 N–H and O–H groups in total. The SMILES string of the molecule is CC1S(=O)CC2COC1(C)O2. The van der Waals surface area contributed by atoms with Crippen LogP contribution >= 0.6 is 0 Å². The average Bonchev–Trinajstić information content (AvgIpc) is 2.27. The lowest BCUT2D eigenvalue weighted by Crippen LogP contribution is -2.47. The number of hydrogen-bond acceptors (Lipinski definition) is 3. The smallest absolute Gasteiger partial charge is 0.180 e. The average molecular weight is 176 g/mol. The molecule has 2 rings (SSSR count). The van der Waals surface area contributed by atoms with Gasteiger partial charge in [0.15, 0.2) is 5.79 Å². The minimum absolute atomic E-state index is 0.00116. The molecule has 4 unspecified atom stereocenters. The van der Waals surface area contributed by atoms with Crippen molar-refractivity contribution in [3.63, 3.8) is 0 Å². The quantitative estimate of drug-likeness (QED) is 0.531. The first kappa shape index (κ1) is 7.71. The molecule has 4 heteroatoms. The Morgan fingerprint density at radius 1 is 1.64 bits per heavy atom. The maximum atomic E-state index is 11.4. The molecule has 0 spiro atoms. The van der Waals surface area contributed by atoms with Gasteiger partial charge in [0.2, 0.25) is 0 Å². The number of hydrogen-bond donors (Lipinski definition) is 0. The zero-order valence-corrected chi connectivity index (χ0v) is 7.52. The Morgan fingerprint density at radius 2 is 2.36 bits per heavy atom. The van der Waals surface area contributed by atoms with Gasteiger partial charge in [-0.15, -0.1) is 0 Å². The minimum atomic E-state index is -0.772. The van der Waals surface area contributed by atoms with Crippen LogP contribution in [0.5, 0.6) is 0 Å². The van der Waals surface area contributed by atoms with Gasteiger partial charge in [-0.2, -0.15) is 0 Å². The Labute approximate surface area is 68.5 Å². The minimum Gasteiger partial charge on any atom is -0.346 e. The molecule has 0 saturated carbocycles. The molecule has 0 radical (unpaired) electrons. The van der Waals surface area contributed by atoms with Crippen LogP contribution in [-0.2, 0) is 20.3 Å². The van der Waals surface area contributed by atoms with Crippen LogP contribution in [-0.4, -0.2) is 33.7 Å². The van der Waals surface area contributed by atoms with Crippen LogP contribution in [0.15, 0.2) is 0 Å². The summed E-state index contributed by atoms with van der Waals surface area (Å²) >= 11 is 0. The van der Waals surface area contributed by atoms with E-state index in [1.807, 2.05) is 13.8 Å². The Bertz CT molecular complexity index is 206. The Kier molecular flexibility index (Phi) is 1.60. The predicted molar refractivity (Wildman–Crippen MR) is 41.7 cm³/mol. The fourth-order valence-corrected chi connectivity index (χ4v) is 2.94. The van der Waals surface area contributed by atoms with Crippen molar-refractivity contribution in [1.82, 2.24) is 0 Å². The van der Waals surface area contributed by atoms with Crippen molar-refractivity contribution >= 4 is 10.8 Å². The lowest BCUT2D eigenvalue weighted by Gasteiger charge is -2.33. The van der Waals surface area contributed by atoms with Gasteiger partial charge in [-0.05, 0) is 13.8 Å². The lowest BCUT2D eigenvalue weighted by molar-refractivity contribution is -0.153. The summed E-state index contributed by atoms with van der Waals surface area (Å²) in [6.45, 7) is 4.39. The molecule has 0 aromatic heterocycles. The molecule has 0 aromatic carbocycles. The van der Waals surface area contributed by atoms with E-state index in [4.69, 9.17) is 9.47 Å². The van der Waals surface area contributed by atoms with Crippen LogP contribution in [0.2, 0.25) is 0 Å². The highest BCUT2D eigenvalue weighted by Gasteiger charge is 2.49. The first-order valence-corrected chi connectivity index (χ1v) is 5.19. The second-order valence-electron chi connectivity index (χ2n) is 3.26. The van der Waals surface area contributed by atoms with Gasteiger partial charge in [0.25, 0.3) is 0 Å². The van der Waals surface area contributed by atoms with E-state index in [1.165, 1.54) is 0 Å². The molecule has 64 valence electrons. The van der Waals surface area contributed by atoms with E-state index in [2.05, 4.69) is 0 Å². The van der Waals surface area contributed by atoms with Gasteiger partial charge in [-0.1, -0.05) is 0 Å². The Balaban J connectivity index is 2.27. The summed E-state index contributed by atoms with van der Waals surface area (Å²) in [6, 6.07) is 0. The van der Waals surface area contributed by atoms with Gasteiger partial charge in [-0.25, -0.2) is 0 Å². The first-order valence-electron chi connectivity index (χ1n) is 3.81. The molecule has 2 saturated heterocycles. The van der Waals surface area contributed by atoms with Gasteiger partial charge in [-0.3, -0.25) is 4.21 Å². The fourth-order valence-electron chi connectivity index (χ4n) is 1.52. The number of rotatable bonds is 0. The second kappa shape index (κ2) is 2.28. The highest BCUT2D eigenvalue weighted by Crippen LogP contribution is 2.34. The molecule has 0 aromatic rings. The molecule has 2 fully saturated rings. The van der Waals surface area contributed by atoms with E-state index in [0.717, 1.165) is 0 Å². The summed E-state index contributed by atoms with van der Waals surface area (Å²) in [5.74, 6) is 0.0601. The van der Waals surface area contributed by atoms with Gasteiger partial charge in [0.1, 0.15) is 0 Å². The molecule has 11 heavy (non-hydrogen) atoms. The van der Waals surface area contributed by atoms with Crippen LogP contribution in [0.3, 0.4) is 0 Å². The molecule has 2 heterocycles. The lowest BCUT2D eigenvalue weighted by atomic mass is 10.2. The largest absolute Gasteiger partial charge is 0.346 e. The van der Waals surface area contributed by atoms with E-state index in [1.54, 1.807) is 0 Å². The molecule has 2 bridgehead atoms. The standard InChI is InChI=1S/C7H12O3S/c1-5-7(2)9-3-6(10-7)4-11(5)8/h5-6H,3-4H2,1-2H3. The van der Waals surface area contributed by atoms with Crippen molar-refractivity contribution in [2.75, 3.05) is 12.4 Å². The molecule has 3 nitrogen and oxygen atoms in total. The zero-order chi connectivity index (χ0) is 8.06. The van der Waals surface area contributed by atoms with Gasteiger partial charge in [0, 0.05) is 10.8 Å². The highest BCUT2D eigenvalue weighted by molar-refractivity contribution is 7.85. The Morgan fingerprint density at radius 3 is 3.09 bits per heavy atom. The van der Waals surface area contributed by atoms with E-state index in [9.17, 15) is 4.21 Å². The number of ether oxygens (including phenoxy) is 2. The van der Waals surface area contributed by atoms with Crippen LogP contribution in [0, 0.1) is 0 Å². The first-order chi connectivity index (χ1) is 5.12. The Hall–Kier alpha value is 0.0700. The monoisotopic (exact) mass is 176 g/mol. The third-order valence-corrected chi connectivity index (χ3v) is 4.36. The third-order valence-electron chi connectivity index (χ3n) is 2.44. The van der Waals surface area contributed by atoms with Crippen LogP contribution in [0.1, 0.15) is 13.8 Å². The van der Waals surface area contributed by atoms with Crippen molar-refractivity contribution in [2.45, 2.75) is 31.0 Å². The molecule has 0 aliphatic carbocycles. The summed E-state index contributed by atoms with van der Waals surface area (Å²) < 4.78 is 22.4. The van der Waals surface area contributed by atoms with Gasteiger partial charge >= 0.3 is 0 Å². The molecule has 0 amide bonds. The highest BCUT2D eigenvalue weighted by atomic mass is 32.2. The van der Waals surface area contributed by atoms with Crippen molar-refractivity contribution in [1.29, 1.82) is 0 Å². The third kappa shape index (κ3) is 1.04. The summed E-state index contributed by atoms with van der Waals surface area (Å²) in [5, 5.41) is 0.00116. The maximum absolute atomic E-state index is 11.4. The van der Waals surface area contributed by atoms with Gasteiger partial charge < -0.3 is 9.47 Å². The number of fused-ring (bicyclic) bond motifs is 2. The fraction of sp³-hybridized carbons (Fsp3) is 1.00. The summed E-state index contributed by atoms with van der Waals surface area (Å²) in [5.41, 5.74) is 0. The van der Waals surface area contributed by atoms with Crippen molar-refractivity contribution in [3.8, 4) is 0 Å². The van der Waals surface area contributed by atoms with Crippen LogP contribution in [0.4, 0.5) is 0 Å². The molecule has 4 atom stereocenters. The molecule has 2 aliphatic rings. The van der Waals surface area contributed by atoms with Crippen molar-refractivity contribution in [2.24, 2.45) is 0 Å². The van der Waals surface area contributed by atoms with Crippen molar-refractivity contribution in [3.05, 3.63) is 0 Å². The van der Waals surface area contributed by atoms with E-state index < -0.39 is 16.6 Å². The zero-order valence-electron chi connectivity index (χ0n) is 6.70. The summed E-state index contributed by atoms with van der Waals surface area (Å²) in [7, 11) is -0.772. The van der Waals surface area contributed by atoms with Crippen LogP contribution < -0.4 is 0 Å². The molecular weight excluding hydrogens is 164 g/mol. The van der Waals surface area contributed by atoms with Crippen LogP contribution in [0.25, 0.3) is 0 Å². The summed E-state index contributed by atoms with van der Waals surface area (Å²) in [4.78, 5) is 0. The van der Waals surface area contributed by atoms with E-state index in [0.29, 0.717) is 12.4 Å².